The van der Waals surface area contributed by atoms with Crippen molar-refractivity contribution in [1.29, 1.82) is 0 Å². The average Bonchev–Trinajstić information content (AvgIpc) is 2.48. The zero-order chi connectivity index (χ0) is 13.9. The maximum Gasteiger partial charge on any atom is 0.253 e. The summed E-state index contributed by atoms with van der Waals surface area (Å²) in [4.78, 5) is 17.4. The van der Waals surface area contributed by atoms with Crippen molar-refractivity contribution >= 4 is 29.4 Å². The maximum absolute atomic E-state index is 12.2. The summed E-state index contributed by atoms with van der Waals surface area (Å²) < 4.78 is 5.29. The lowest BCUT2D eigenvalue weighted by molar-refractivity contribution is 0.0696. The molecule has 3 rings (SSSR count). The molecule has 0 radical (unpaired) electrons. The number of hydrogen-bond acceptors (Lipinski definition) is 4. The van der Waals surface area contributed by atoms with Gasteiger partial charge in [-0.1, -0.05) is 12.1 Å². The van der Waals surface area contributed by atoms with Crippen LogP contribution in [0.3, 0.4) is 0 Å². The van der Waals surface area contributed by atoms with Gasteiger partial charge < -0.3 is 10.1 Å². The second-order valence-electron chi connectivity index (χ2n) is 4.93. The minimum absolute atomic E-state index is 0.0733. The number of para-hydroxylation sites is 1. The molecule has 0 aliphatic carbocycles. The minimum atomic E-state index is -0.0733. The molecule has 1 amide bonds. The fraction of sp³-hybridized carbons (Fsp3) is 0.333. The third-order valence-corrected chi connectivity index (χ3v) is 3.87. The van der Waals surface area contributed by atoms with E-state index in [1.54, 1.807) is 6.20 Å². The Bertz CT molecular complexity index is 639. The van der Waals surface area contributed by atoms with Gasteiger partial charge in [-0.15, -0.1) is 12.6 Å². The molecule has 1 aromatic heterocycles. The highest BCUT2D eigenvalue weighted by Gasteiger charge is 2.17. The number of fused-ring (bicyclic) bond motifs is 1. The number of amides is 1. The fourth-order valence-corrected chi connectivity index (χ4v) is 2.65. The van der Waals surface area contributed by atoms with E-state index in [0.717, 1.165) is 28.6 Å². The van der Waals surface area contributed by atoms with Crippen LogP contribution < -0.4 is 5.32 Å². The van der Waals surface area contributed by atoms with Crippen LogP contribution in [0.2, 0.25) is 0 Å². The Morgan fingerprint density at radius 1 is 1.35 bits per heavy atom. The Balaban J connectivity index is 1.80. The first-order valence-corrected chi connectivity index (χ1v) is 7.15. The van der Waals surface area contributed by atoms with E-state index >= 15 is 0 Å². The van der Waals surface area contributed by atoms with Crippen molar-refractivity contribution in [1.82, 2.24) is 10.3 Å². The first-order chi connectivity index (χ1) is 9.74. The first kappa shape index (κ1) is 13.4. The lowest BCUT2D eigenvalue weighted by Crippen LogP contribution is -2.38. The molecule has 2 heterocycles. The molecule has 2 aromatic rings. The molecular weight excluding hydrogens is 272 g/mol. The van der Waals surface area contributed by atoms with Crippen LogP contribution in [0.4, 0.5) is 0 Å². The van der Waals surface area contributed by atoms with Gasteiger partial charge in [-0.05, 0) is 25.0 Å². The number of hydrogen-bond donors (Lipinski definition) is 2. The lowest BCUT2D eigenvalue weighted by Gasteiger charge is -2.23. The standard InChI is InChI=1S/C15H16N2O2S/c18-15(17-12-4-6-19-7-5-12)11-8-10-2-1-3-13(20)14(10)16-9-11/h1-3,8-9,12,20H,4-7H2,(H,17,18). The molecule has 0 saturated carbocycles. The van der Waals surface area contributed by atoms with E-state index in [0.29, 0.717) is 18.8 Å². The van der Waals surface area contributed by atoms with Gasteiger partial charge >= 0.3 is 0 Å². The minimum Gasteiger partial charge on any atom is -0.381 e. The number of carbonyl (C=O) groups is 1. The summed E-state index contributed by atoms with van der Waals surface area (Å²) in [7, 11) is 0. The van der Waals surface area contributed by atoms with Gasteiger partial charge in [-0.25, -0.2) is 0 Å². The Morgan fingerprint density at radius 3 is 2.95 bits per heavy atom. The van der Waals surface area contributed by atoms with E-state index in [4.69, 9.17) is 4.74 Å². The van der Waals surface area contributed by atoms with Crippen molar-refractivity contribution in [2.45, 2.75) is 23.8 Å². The number of pyridine rings is 1. The van der Waals surface area contributed by atoms with Gasteiger partial charge in [0.15, 0.2) is 0 Å². The van der Waals surface area contributed by atoms with Crippen LogP contribution in [0.5, 0.6) is 0 Å². The number of nitrogens with zero attached hydrogens (tertiary/aromatic N) is 1. The van der Waals surface area contributed by atoms with Crippen LogP contribution in [0.25, 0.3) is 10.9 Å². The molecule has 0 spiro atoms. The zero-order valence-electron chi connectivity index (χ0n) is 11.0. The lowest BCUT2D eigenvalue weighted by atomic mass is 10.1. The molecule has 4 nitrogen and oxygen atoms in total. The topological polar surface area (TPSA) is 51.2 Å². The van der Waals surface area contributed by atoms with Crippen molar-refractivity contribution in [3.8, 4) is 0 Å². The number of ether oxygens (including phenoxy) is 1. The normalized spacial score (nSPS) is 16.2. The molecule has 104 valence electrons. The molecule has 1 saturated heterocycles. The van der Waals surface area contributed by atoms with Crippen molar-refractivity contribution in [2.24, 2.45) is 0 Å². The molecule has 1 aliphatic rings. The quantitative estimate of drug-likeness (QED) is 0.835. The van der Waals surface area contributed by atoms with Gasteiger partial charge in [0.05, 0.1) is 11.1 Å². The second kappa shape index (κ2) is 5.81. The zero-order valence-corrected chi connectivity index (χ0v) is 11.9. The Kier molecular flexibility index (Phi) is 3.89. The van der Waals surface area contributed by atoms with Crippen LogP contribution >= 0.6 is 12.6 Å². The highest BCUT2D eigenvalue weighted by molar-refractivity contribution is 7.80. The molecule has 5 heteroatoms. The number of thiol groups is 1. The van der Waals surface area contributed by atoms with E-state index in [2.05, 4.69) is 22.9 Å². The van der Waals surface area contributed by atoms with Crippen LogP contribution in [0, 0.1) is 0 Å². The van der Waals surface area contributed by atoms with Crippen molar-refractivity contribution in [3.63, 3.8) is 0 Å². The van der Waals surface area contributed by atoms with Gasteiger partial charge in [0.1, 0.15) is 0 Å². The number of aromatic nitrogens is 1. The first-order valence-electron chi connectivity index (χ1n) is 6.70. The molecule has 1 N–H and O–H groups in total. The second-order valence-corrected chi connectivity index (χ2v) is 5.41. The predicted octanol–water partition coefficient (Wildman–Crippen LogP) is 2.43. The van der Waals surface area contributed by atoms with E-state index in [-0.39, 0.29) is 11.9 Å². The summed E-state index contributed by atoms with van der Waals surface area (Å²) in [5.74, 6) is -0.0733. The van der Waals surface area contributed by atoms with Gasteiger partial charge in [0.2, 0.25) is 0 Å². The van der Waals surface area contributed by atoms with E-state index < -0.39 is 0 Å². The highest BCUT2D eigenvalue weighted by Crippen LogP contribution is 2.20. The smallest absolute Gasteiger partial charge is 0.253 e. The molecule has 0 unspecified atom stereocenters. The molecular formula is C15H16N2O2S. The summed E-state index contributed by atoms with van der Waals surface area (Å²) in [5, 5.41) is 3.96. The summed E-state index contributed by atoms with van der Waals surface area (Å²) in [5.41, 5.74) is 1.40. The summed E-state index contributed by atoms with van der Waals surface area (Å²) in [6.07, 6.45) is 3.35. The van der Waals surface area contributed by atoms with Crippen LogP contribution in [0.15, 0.2) is 35.4 Å². The SMILES string of the molecule is O=C(NC1CCOCC1)c1cnc2c(S)cccc2c1. The number of carbonyl (C=O) groups excluding carboxylic acids is 1. The molecule has 0 atom stereocenters. The Morgan fingerprint density at radius 2 is 2.15 bits per heavy atom. The molecule has 1 aromatic carbocycles. The van der Waals surface area contributed by atoms with Crippen molar-refractivity contribution < 1.29 is 9.53 Å². The van der Waals surface area contributed by atoms with Crippen molar-refractivity contribution in [2.75, 3.05) is 13.2 Å². The number of benzene rings is 1. The maximum atomic E-state index is 12.2. The van der Waals surface area contributed by atoms with Crippen LogP contribution in [-0.2, 0) is 4.74 Å². The van der Waals surface area contributed by atoms with Gasteiger partial charge in [0.25, 0.3) is 5.91 Å². The number of nitrogens with one attached hydrogen (secondary N) is 1. The third kappa shape index (κ3) is 2.78. The van der Waals surface area contributed by atoms with E-state index in [9.17, 15) is 4.79 Å². The monoisotopic (exact) mass is 288 g/mol. The van der Waals surface area contributed by atoms with Gasteiger partial charge in [-0.3, -0.25) is 9.78 Å². The molecule has 1 fully saturated rings. The predicted molar refractivity (Wildman–Crippen MR) is 80.3 cm³/mol. The van der Waals surface area contributed by atoms with E-state index in [1.165, 1.54) is 0 Å². The largest absolute Gasteiger partial charge is 0.381 e. The summed E-state index contributed by atoms with van der Waals surface area (Å²) >= 11 is 4.37. The van der Waals surface area contributed by atoms with Crippen LogP contribution in [-0.4, -0.2) is 30.1 Å². The summed E-state index contributed by atoms with van der Waals surface area (Å²) in [6, 6.07) is 7.79. The average molecular weight is 288 g/mol. The number of rotatable bonds is 2. The van der Waals surface area contributed by atoms with Gasteiger partial charge in [-0.2, -0.15) is 0 Å². The fourth-order valence-electron chi connectivity index (χ4n) is 2.38. The van der Waals surface area contributed by atoms with Gasteiger partial charge in [0, 0.05) is 35.7 Å². The molecule has 0 bridgehead atoms. The van der Waals surface area contributed by atoms with Crippen LogP contribution in [0.1, 0.15) is 23.2 Å². The van der Waals surface area contributed by atoms with Crippen molar-refractivity contribution in [3.05, 3.63) is 36.0 Å². The molecule has 1 aliphatic heterocycles. The third-order valence-electron chi connectivity index (χ3n) is 3.51. The highest BCUT2D eigenvalue weighted by atomic mass is 32.1. The van der Waals surface area contributed by atoms with E-state index in [1.807, 2.05) is 24.3 Å². The summed E-state index contributed by atoms with van der Waals surface area (Å²) in [6.45, 7) is 1.42. The Hall–Kier alpha value is -1.59. The Labute approximate surface area is 122 Å². The molecule has 20 heavy (non-hydrogen) atoms.